The first kappa shape index (κ1) is 20.1. The highest BCUT2D eigenvalue weighted by atomic mass is 35.5. The number of aromatic nitrogens is 4. The molecule has 1 aliphatic rings. The number of halogens is 1. The monoisotopic (exact) mass is 451 g/mol. The summed E-state index contributed by atoms with van der Waals surface area (Å²) in [5, 5.41) is 7.96. The van der Waals surface area contributed by atoms with Gasteiger partial charge in [0.1, 0.15) is 5.39 Å². The van der Waals surface area contributed by atoms with E-state index in [0.29, 0.717) is 57.7 Å². The molecule has 162 valence electrons. The van der Waals surface area contributed by atoms with Crippen molar-refractivity contribution in [1.82, 2.24) is 19.7 Å². The Labute approximate surface area is 186 Å². The zero-order valence-corrected chi connectivity index (χ0v) is 17.6. The normalized spacial score (nSPS) is 13.0. The van der Waals surface area contributed by atoms with Gasteiger partial charge in [0.05, 0.1) is 48.6 Å². The molecule has 2 aromatic carbocycles. The minimum absolute atomic E-state index is 0.0858. The van der Waals surface area contributed by atoms with Gasteiger partial charge in [-0.1, -0.05) is 23.7 Å². The fraction of sp³-hybridized carbons (Fsp3) is 0.182. The zero-order chi connectivity index (χ0) is 22.1. The van der Waals surface area contributed by atoms with Gasteiger partial charge >= 0.3 is 0 Å². The number of rotatable bonds is 4. The maximum absolute atomic E-state index is 12.8. The summed E-state index contributed by atoms with van der Waals surface area (Å²) in [7, 11) is 0. The smallest absolute Gasteiger partial charge is 0.261 e. The summed E-state index contributed by atoms with van der Waals surface area (Å²) in [6.07, 6.45) is 3.61. The van der Waals surface area contributed by atoms with Crippen LogP contribution in [-0.2, 0) is 11.2 Å². The molecule has 0 radical (unpaired) electrons. The van der Waals surface area contributed by atoms with Gasteiger partial charge in [-0.2, -0.15) is 5.10 Å². The Balaban J connectivity index is 1.41. The average Bonchev–Trinajstić information content (AvgIpc) is 3.06. The van der Waals surface area contributed by atoms with Gasteiger partial charge in [0.15, 0.2) is 17.1 Å². The standard InChI is InChI=1S/C22H18ClN5O4/c23-15-8-13(9-18-20(15)32-7-3-6-31-18)10-19(29)27-16-4-1-2-5-17(16)28-21-14(11-26-28)22(30)25-12-24-21/h1-2,4-5,8-9,11-12H,3,6-7,10H2,(H,27,29)(H,24,25,30). The summed E-state index contributed by atoms with van der Waals surface area (Å²) < 4.78 is 12.9. The highest BCUT2D eigenvalue weighted by Gasteiger charge is 2.18. The van der Waals surface area contributed by atoms with E-state index in [1.807, 2.05) is 6.07 Å². The maximum atomic E-state index is 12.8. The van der Waals surface area contributed by atoms with Crippen LogP contribution in [0.3, 0.4) is 0 Å². The summed E-state index contributed by atoms with van der Waals surface area (Å²) in [4.78, 5) is 31.6. The number of amides is 1. The van der Waals surface area contributed by atoms with Gasteiger partial charge in [0, 0.05) is 6.42 Å². The Bertz CT molecular complexity index is 1380. The molecule has 0 spiro atoms. The van der Waals surface area contributed by atoms with Crippen molar-refractivity contribution in [2.24, 2.45) is 0 Å². The molecule has 4 aromatic rings. The van der Waals surface area contributed by atoms with Crippen molar-refractivity contribution in [3.05, 3.63) is 69.9 Å². The summed E-state index contributed by atoms with van der Waals surface area (Å²) in [5.41, 5.74) is 1.93. The lowest BCUT2D eigenvalue weighted by Gasteiger charge is -2.13. The highest BCUT2D eigenvalue weighted by molar-refractivity contribution is 6.32. The summed E-state index contributed by atoms with van der Waals surface area (Å²) >= 11 is 6.34. The fourth-order valence-corrected chi connectivity index (χ4v) is 3.85. The van der Waals surface area contributed by atoms with Crippen molar-refractivity contribution < 1.29 is 14.3 Å². The Morgan fingerprint density at radius 1 is 1.22 bits per heavy atom. The van der Waals surface area contributed by atoms with Crippen LogP contribution in [0.4, 0.5) is 5.69 Å². The first-order valence-corrected chi connectivity index (χ1v) is 10.4. The van der Waals surface area contributed by atoms with E-state index in [1.54, 1.807) is 30.3 Å². The van der Waals surface area contributed by atoms with Gasteiger partial charge in [0.25, 0.3) is 5.56 Å². The van der Waals surface area contributed by atoms with Crippen LogP contribution in [0.2, 0.25) is 5.02 Å². The SMILES string of the molecule is O=C(Cc1cc(Cl)c2c(c1)OCCCO2)Nc1ccccc1-n1ncc2c(=O)[nH]cnc21. The Morgan fingerprint density at radius 2 is 2.06 bits per heavy atom. The van der Waals surface area contributed by atoms with Gasteiger partial charge in [-0.05, 0) is 29.8 Å². The van der Waals surface area contributed by atoms with E-state index in [0.717, 1.165) is 6.42 Å². The topological polar surface area (TPSA) is 111 Å². The van der Waals surface area contributed by atoms with Crippen molar-refractivity contribution in [3.63, 3.8) is 0 Å². The van der Waals surface area contributed by atoms with Crippen LogP contribution < -0.4 is 20.3 Å². The van der Waals surface area contributed by atoms with E-state index in [9.17, 15) is 9.59 Å². The van der Waals surface area contributed by atoms with Gasteiger partial charge in [0.2, 0.25) is 5.91 Å². The number of anilines is 1. The van der Waals surface area contributed by atoms with E-state index < -0.39 is 0 Å². The van der Waals surface area contributed by atoms with E-state index in [1.165, 1.54) is 17.2 Å². The summed E-state index contributed by atoms with van der Waals surface area (Å²) in [6.45, 7) is 1.06. The molecular formula is C22H18ClN5O4. The number of aromatic amines is 1. The van der Waals surface area contributed by atoms with Crippen LogP contribution in [0.25, 0.3) is 16.7 Å². The number of carbonyl (C=O) groups is 1. The number of ether oxygens (including phenoxy) is 2. The van der Waals surface area contributed by atoms with Crippen LogP contribution in [0, 0.1) is 0 Å². The number of nitrogens with zero attached hydrogens (tertiary/aromatic N) is 3. The van der Waals surface area contributed by atoms with Crippen molar-refractivity contribution in [2.75, 3.05) is 18.5 Å². The second-order valence-electron chi connectivity index (χ2n) is 7.22. The average molecular weight is 452 g/mol. The number of hydrogen-bond acceptors (Lipinski definition) is 6. The number of benzene rings is 2. The maximum Gasteiger partial charge on any atom is 0.261 e. The lowest BCUT2D eigenvalue weighted by molar-refractivity contribution is -0.115. The molecule has 32 heavy (non-hydrogen) atoms. The predicted octanol–water partition coefficient (Wildman–Crippen LogP) is 3.10. The third-order valence-electron chi connectivity index (χ3n) is 5.00. The van der Waals surface area contributed by atoms with Crippen molar-refractivity contribution in [1.29, 1.82) is 0 Å². The van der Waals surface area contributed by atoms with Crippen molar-refractivity contribution >= 4 is 34.2 Å². The van der Waals surface area contributed by atoms with Gasteiger partial charge in [-0.3, -0.25) is 9.59 Å². The molecule has 0 aliphatic carbocycles. The minimum atomic E-state index is -0.283. The third-order valence-corrected chi connectivity index (χ3v) is 5.28. The predicted molar refractivity (Wildman–Crippen MR) is 119 cm³/mol. The third kappa shape index (κ3) is 3.78. The lowest BCUT2D eigenvalue weighted by Crippen LogP contribution is -2.16. The molecule has 0 atom stereocenters. The van der Waals surface area contributed by atoms with Crippen molar-refractivity contribution in [3.8, 4) is 17.2 Å². The zero-order valence-electron chi connectivity index (χ0n) is 16.8. The quantitative estimate of drug-likeness (QED) is 0.493. The van der Waals surface area contributed by atoms with E-state index in [2.05, 4.69) is 20.4 Å². The van der Waals surface area contributed by atoms with Crippen LogP contribution in [0.5, 0.6) is 11.5 Å². The molecule has 0 saturated heterocycles. The molecule has 3 heterocycles. The first-order valence-electron chi connectivity index (χ1n) is 9.99. The molecule has 0 bridgehead atoms. The Morgan fingerprint density at radius 3 is 2.97 bits per heavy atom. The number of H-pyrrole nitrogens is 1. The molecular weight excluding hydrogens is 434 g/mol. The summed E-state index contributed by atoms with van der Waals surface area (Å²) in [5.74, 6) is 0.800. The van der Waals surface area contributed by atoms with Crippen LogP contribution in [0.1, 0.15) is 12.0 Å². The lowest BCUT2D eigenvalue weighted by atomic mass is 10.1. The number of carbonyl (C=O) groups excluding carboxylic acids is 1. The van der Waals surface area contributed by atoms with Gasteiger partial charge in [-0.25, -0.2) is 9.67 Å². The second-order valence-corrected chi connectivity index (χ2v) is 7.63. The largest absolute Gasteiger partial charge is 0.489 e. The molecule has 5 rings (SSSR count). The number of para-hydroxylation sites is 2. The van der Waals surface area contributed by atoms with Gasteiger partial charge in [-0.15, -0.1) is 0 Å². The summed E-state index contributed by atoms with van der Waals surface area (Å²) in [6, 6.07) is 10.6. The number of nitrogens with one attached hydrogen (secondary N) is 2. The molecule has 9 nitrogen and oxygen atoms in total. The molecule has 10 heteroatoms. The molecule has 0 saturated carbocycles. The van der Waals surface area contributed by atoms with E-state index in [-0.39, 0.29) is 17.9 Å². The molecule has 1 aliphatic heterocycles. The van der Waals surface area contributed by atoms with E-state index >= 15 is 0 Å². The second kappa shape index (κ2) is 8.35. The fourth-order valence-electron chi connectivity index (χ4n) is 3.56. The minimum Gasteiger partial charge on any atom is -0.489 e. The van der Waals surface area contributed by atoms with Crippen LogP contribution in [-0.4, -0.2) is 38.9 Å². The van der Waals surface area contributed by atoms with Crippen molar-refractivity contribution in [2.45, 2.75) is 12.8 Å². The van der Waals surface area contributed by atoms with Crippen LogP contribution in [0.15, 0.2) is 53.7 Å². The molecule has 1 amide bonds. The van der Waals surface area contributed by atoms with Crippen LogP contribution >= 0.6 is 11.6 Å². The molecule has 0 fully saturated rings. The first-order chi connectivity index (χ1) is 15.6. The Hall–Kier alpha value is -3.85. The van der Waals surface area contributed by atoms with E-state index in [4.69, 9.17) is 21.1 Å². The van der Waals surface area contributed by atoms with Gasteiger partial charge < -0.3 is 19.8 Å². The number of fused-ring (bicyclic) bond motifs is 2. The molecule has 0 unspecified atom stereocenters. The number of hydrogen-bond donors (Lipinski definition) is 2. The Kier molecular flexibility index (Phi) is 5.24. The highest BCUT2D eigenvalue weighted by Crippen LogP contribution is 2.38. The molecule has 2 aromatic heterocycles. The molecule has 2 N–H and O–H groups in total.